The predicted molar refractivity (Wildman–Crippen MR) is 111 cm³/mol. The number of benzene rings is 2. The predicted octanol–water partition coefficient (Wildman–Crippen LogP) is 2.43. The molecule has 31 heavy (non-hydrogen) atoms. The van der Waals surface area contributed by atoms with Crippen LogP contribution in [0.25, 0.3) is 11.1 Å². The Kier molecular flexibility index (Phi) is 6.76. The fourth-order valence-corrected chi connectivity index (χ4v) is 3.31. The van der Waals surface area contributed by atoms with Crippen LogP contribution in [-0.2, 0) is 11.2 Å². The lowest BCUT2D eigenvalue weighted by Gasteiger charge is -2.28. The summed E-state index contributed by atoms with van der Waals surface area (Å²) in [5.41, 5.74) is 0.631. The van der Waals surface area contributed by atoms with Crippen molar-refractivity contribution in [2.75, 3.05) is 6.61 Å². The molecule has 0 fully saturated rings. The molecule has 3 aromatic rings. The van der Waals surface area contributed by atoms with E-state index in [1.165, 1.54) is 19.2 Å². The van der Waals surface area contributed by atoms with E-state index in [4.69, 9.17) is 0 Å². The fourth-order valence-electron chi connectivity index (χ4n) is 3.31. The summed E-state index contributed by atoms with van der Waals surface area (Å²) in [5.74, 6) is -1.99. The Labute approximate surface area is 178 Å². The molecular weight excluding hydrogens is 403 g/mol. The first kappa shape index (κ1) is 22.1. The molecule has 0 saturated carbocycles. The molecule has 1 aromatic heterocycles. The minimum Gasteiger partial charge on any atom is -0.481 e. The van der Waals surface area contributed by atoms with Gasteiger partial charge in [-0.15, -0.1) is 0 Å². The number of carbonyl (C=O) groups excluding carboxylic acids is 1. The smallest absolute Gasteiger partial charge is 0.311 e. The van der Waals surface area contributed by atoms with Crippen LogP contribution in [0.5, 0.6) is 0 Å². The molecule has 0 aliphatic carbocycles. The first-order chi connectivity index (χ1) is 14.8. The number of aromatic amines is 1. The summed E-state index contributed by atoms with van der Waals surface area (Å²) in [7, 11) is 0. The van der Waals surface area contributed by atoms with Crippen molar-refractivity contribution in [2.24, 2.45) is 5.41 Å². The Hall–Kier alpha value is -3.59. The summed E-state index contributed by atoms with van der Waals surface area (Å²) in [5, 5.41) is 31.6. The van der Waals surface area contributed by atoms with Crippen molar-refractivity contribution in [2.45, 2.75) is 25.8 Å². The molecule has 0 aliphatic rings. The minimum atomic E-state index is -1.44. The van der Waals surface area contributed by atoms with Gasteiger partial charge in [0, 0.05) is 11.6 Å². The summed E-state index contributed by atoms with van der Waals surface area (Å²) < 4.78 is 14.0. The number of aliphatic hydroxyl groups excluding tert-OH is 1. The SMILES string of the molecule is CC(CO)(CC(Cc1ccc(-c2ccccc2F)cc1)NC(=O)c1cn[nH]n1)C(=O)O. The van der Waals surface area contributed by atoms with Gasteiger partial charge in [0.2, 0.25) is 0 Å². The van der Waals surface area contributed by atoms with Crippen LogP contribution >= 0.6 is 0 Å². The zero-order valence-corrected chi connectivity index (χ0v) is 16.9. The standard InChI is InChI=1S/C22H23FN4O4/c1-22(13-28,21(30)31)11-16(25-20(29)19-12-24-27-26-19)10-14-6-8-15(9-7-14)17-4-2-3-5-18(17)23/h2-9,12,16,28H,10-11,13H2,1H3,(H,25,29)(H,30,31)(H,24,26,27). The molecule has 3 rings (SSSR count). The van der Waals surface area contributed by atoms with Gasteiger partial charge in [-0.25, -0.2) is 4.39 Å². The monoisotopic (exact) mass is 426 g/mol. The van der Waals surface area contributed by atoms with Crippen molar-refractivity contribution in [1.82, 2.24) is 20.7 Å². The van der Waals surface area contributed by atoms with Gasteiger partial charge in [0.15, 0.2) is 5.69 Å². The number of hydrogen-bond donors (Lipinski definition) is 4. The maximum absolute atomic E-state index is 14.0. The number of nitrogens with zero attached hydrogens (tertiary/aromatic N) is 2. The summed E-state index contributed by atoms with van der Waals surface area (Å²) in [6.07, 6.45) is 1.57. The summed E-state index contributed by atoms with van der Waals surface area (Å²) in [6, 6.07) is 13.0. The van der Waals surface area contributed by atoms with Crippen LogP contribution in [0.1, 0.15) is 29.4 Å². The second kappa shape index (κ2) is 9.48. The van der Waals surface area contributed by atoms with Gasteiger partial charge in [-0.05, 0) is 37.0 Å². The van der Waals surface area contributed by atoms with Crippen molar-refractivity contribution in [3.63, 3.8) is 0 Å². The molecule has 1 heterocycles. The number of halogens is 1. The lowest BCUT2D eigenvalue weighted by molar-refractivity contribution is -0.151. The van der Waals surface area contributed by atoms with Crippen molar-refractivity contribution in [3.8, 4) is 11.1 Å². The van der Waals surface area contributed by atoms with Crippen LogP contribution in [0.2, 0.25) is 0 Å². The number of carboxylic acids is 1. The van der Waals surface area contributed by atoms with Gasteiger partial charge in [0.05, 0.1) is 18.2 Å². The molecule has 8 nitrogen and oxygen atoms in total. The lowest BCUT2D eigenvalue weighted by Crippen LogP contribution is -2.44. The van der Waals surface area contributed by atoms with E-state index in [9.17, 15) is 24.2 Å². The van der Waals surface area contributed by atoms with Crippen molar-refractivity contribution in [3.05, 3.63) is 71.8 Å². The van der Waals surface area contributed by atoms with Crippen LogP contribution in [0, 0.1) is 11.2 Å². The number of nitrogens with one attached hydrogen (secondary N) is 2. The molecule has 0 bridgehead atoms. The maximum atomic E-state index is 14.0. The summed E-state index contributed by atoms with van der Waals surface area (Å²) >= 11 is 0. The Morgan fingerprint density at radius 1 is 1.19 bits per heavy atom. The lowest BCUT2D eigenvalue weighted by atomic mass is 9.82. The van der Waals surface area contributed by atoms with Crippen LogP contribution in [0.4, 0.5) is 4.39 Å². The van der Waals surface area contributed by atoms with Crippen LogP contribution in [0.3, 0.4) is 0 Å². The number of carboxylic acid groups (broad SMARTS) is 1. The maximum Gasteiger partial charge on any atom is 0.311 e. The molecule has 162 valence electrons. The molecule has 1 amide bonds. The third kappa shape index (κ3) is 5.32. The molecule has 2 aromatic carbocycles. The van der Waals surface area contributed by atoms with Gasteiger partial charge in [-0.3, -0.25) is 9.59 Å². The first-order valence-corrected chi connectivity index (χ1v) is 9.67. The minimum absolute atomic E-state index is 0.00249. The van der Waals surface area contributed by atoms with Crippen LogP contribution in [0.15, 0.2) is 54.7 Å². The quantitative estimate of drug-likeness (QED) is 0.416. The summed E-state index contributed by atoms with van der Waals surface area (Å²) in [6.45, 7) is 0.844. The fraction of sp³-hybridized carbons (Fsp3) is 0.273. The normalized spacial score (nSPS) is 13.9. The topological polar surface area (TPSA) is 128 Å². The van der Waals surface area contributed by atoms with Gasteiger partial charge in [-0.2, -0.15) is 15.4 Å². The first-order valence-electron chi connectivity index (χ1n) is 9.67. The third-order valence-corrected chi connectivity index (χ3v) is 5.17. The third-order valence-electron chi connectivity index (χ3n) is 5.17. The Morgan fingerprint density at radius 2 is 1.90 bits per heavy atom. The van der Waals surface area contributed by atoms with E-state index in [0.29, 0.717) is 17.5 Å². The number of amides is 1. The average Bonchev–Trinajstić information content (AvgIpc) is 3.29. The number of aliphatic carboxylic acids is 1. The number of H-pyrrole nitrogens is 1. The zero-order chi connectivity index (χ0) is 22.4. The number of carbonyl (C=O) groups is 2. The second-order valence-corrected chi connectivity index (χ2v) is 7.63. The Bertz CT molecular complexity index is 1040. The van der Waals surface area contributed by atoms with E-state index in [1.807, 2.05) is 0 Å². The molecule has 2 atom stereocenters. The average molecular weight is 426 g/mol. The molecule has 0 aliphatic heterocycles. The van der Waals surface area contributed by atoms with E-state index >= 15 is 0 Å². The zero-order valence-electron chi connectivity index (χ0n) is 16.9. The van der Waals surface area contributed by atoms with Crippen LogP contribution in [-0.4, -0.2) is 50.1 Å². The summed E-state index contributed by atoms with van der Waals surface area (Å²) in [4.78, 5) is 24.1. The van der Waals surface area contributed by atoms with Gasteiger partial charge >= 0.3 is 5.97 Å². The molecule has 2 unspecified atom stereocenters. The van der Waals surface area contributed by atoms with E-state index in [1.54, 1.807) is 42.5 Å². The largest absolute Gasteiger partial charge is 0.481 e. The van der Waals surface area contributed by atoms with Gasteiger partial charge in [0.25, 0.3) is 5.91 Å². The number of hydrogen-bond acceptors (Lipinski definition) is 5. The number of aromatic nitrogens is 3. The Morgan fingerprint density at radius 3 is 2.48 bits per heavy atom. The van der Waals surface area contributed by atoms with Crippen molar-refractivity contribution >= 4 is 11.9 Å². The highest BCUT2D eigenvalue weighted by Crippen LogP contribution is 2.26. The highest BCUT2D eigenvalue weighted by molar-refractivity contribution is 5.92. The van der Waals surface area contributed by atoms with E-state index in [-0.39, 0.29) is 17.9 Å². The molecule has 4 N–H and O–H groups in total. The second-order valence-electron chi connectivity index (χ2n) is 7.63. The van der Waals surface area contributed by atoms with Gasteiger partial charge in [0.1, 0.15) is 5.82 Å². The van der Waals surface area contributed by atoms with Crippen molar-refractivity contribution in [1.29, 1.82) is 0 Å². The molecule has 0 saturated heterocycles. The molecule has 0 radical (unpaired) electrons. The van der Waals surface area contributed by atoms with Gasteiger partial charge in [-0.1, -0.05) is 42.5 Å². The number of rotatable bonds is 9. The molecular formula is C22H23FN4O4. The molecule has 9 heteroatoms. The van der Waals surface area contributed by atoms with Gasteiger partial charge < -0.3 is 15.5 Å². The highest BCUT2D eigenvalue weighted by atomic mass is 19.1. The van der Waals surface area contributed by atoms with E-state index in [2.05, 4.69) is 20.7 Å². The number of aliphatic hydroxyl groups is 1. The van der Waals surface area contributed by atoms with E-state index < -0.39 is 29.9 Å². The molecule has 0 spiro atoms. The van der Waals surface area contributed by atoms with E-state index in [0.717, 1.165) is 5.56 Å². The Balaban J connectivity index is 1.81. The highest BCUT2D eigenvalue weighted by Gasteiger charge is 2.36. The van der Waals surface area contributed by atoms with Crippen molar-refractivity contribution < 1.29 is 24.2 Å². The van der Waals surface area contributed by atoms with Crippen LogP contribution < -0.4 is 5.32 Å².